The lowest BCUT2D eigenvalue weighted by Gasteiger charge is -2.31. The van der Waals surface area contributed by atoms with E-state index in [1.165, 1.54) is 0 Å². The second-order valence-electron chi connectivity index (χ2n) is 3.84. The fourth-order valence-corrected chi connectivity index (χ4v) is 2.13. The summed E-state index contributed by atoms with van der Waals surface area (Å²) in [6, 6.07) is 0.0165. The van der Waals surface area contributed by atoms with Crippen LogP contribution in [-0.4, -0.2) is 60.9 Å². The number of rotatable bonds is 2. The summed E-state index contributed by atoms with van der Waals surface area (Å²) in [7, 11) is 0. The van der Waals surface area contributed by atoms with Crippen LogP contribution in [0.5, 0.6) is 0 Å². The molecule has 0 spiro atoms. The van der Waals surface area contributed by atoms with Gasteiger partial charge in [0.25, 0.3) is 0 Å². The molecule has 14 heavy (non-hydrogen) atoms. The van der Waals surface area contributed by atoms with Crippen LogP contribution < -0.4 is 5.32 Å². The van der Waals surface area contributed by atoms with Crippen molar-refractivity contribution in [2.75, 3.05) is 32.8 Å². The molecule has 2 saturated heterocycles. The molecule has 2 aliphatic rings. The molecule has 2 atom stereocenters. The minimum Gasteiger partial charge on any atom is -0.480 e. The first kappa shape index (κ1) is 9.89. The van der Waals surface area contributed by atoms with Gasteiger partial charge < -0.3 is 15.2 Å². The Hall–Kier alpha value is -0.650. The smallest absolute Gasteiger partial charge is 0.320 e. The third kappa shape index (κ3) is 2.05. The van der Waals surface area contributed by atoms with E-state index in [-0.39, 0.29) is 6.04 Å². The monoisotopic (exact) mass is 200 g/mol. The first-order chi connectivity index (χ1) is 6.77. The van der Waals surface area contributed by atoms with Crippen molar-refractivity contribution in [1.82, 2.24) is 10.2 Å². The molecule has 0 aromatic rings. The van der Waals surface area contributed by atoms with Gasteiger partial charge in [0.1, 0.15) is 6.04 Å². The van der Waals surface area contributed by atoms with E-state index >= 15 is 0 Å². The van der Waals surface area contributed by atoms with E-state index in [4.69, 9.17) is 9.84 Å². The fraction of sp³-hybridized carbons (Fsp3) is 0.889. The molecular formula is C9H16N2O3. The molecule has 2 fully saturated rings. The molecule has 0 radical (unpaired) electrons. The van der Waals surface area contributed by atoms with Crippen molar-refractivity contribution in [2.24, 2.45) is 0 Å². The largest absolute Gasteiger partial charge is 0.480 e. The van der Waals surface area contributed by atoms with Gasteiger partial charge >= 0.3 is 5.97 Å². The van der Waals surface area contributed by atoms with Crippen LogP contribution in [0.4, 0.5) is 0 Å². The molecule has 2 rings (SSSR count). The number of aliphatic carboxylic acids is 1. The number of carbonyl (C=O) groups is 1. The molecule has 80 valence electrons. The Morgan fingerprint density at radius 1 is 1.43 bits per heavy atom. The number of morpholine rings is 1. The second kappa shape index (κ2) is 4.25. The molecule has 0 aromatic carbocycles. The molecule has 2 unspecified atom stereocenters. The third-order valence-corrected chi connectivity index (χ3v) is 2.97. The van der Waals surface area contributed by atoms with Crippen molar-refractivity contribution in [2.45, 2.75) is 18.5 Å². The summed E-state index contributed by atoms with van der Waals surface area (Å²) in [5.74, 6) is -0.735. The summed E-state index contributed by atoms with van der Waals surface area (Å²) in [6.45, 7) is 4.19. The zero-order chi connectivity index (χ0) is 9.97. The second-order valence-corrected chi connectivity index (χ2v) is 3.84. The maximum absolute atomic E-state index is 10.7. The number of hydrogen-bond donors (Lipinski definition) is 2. The highest BCUT2D eigenvalue weighted by molar-refractivity contribution is 5.73. The van der Waals surface area contributed by atoms with Crippen molar-refractivity contribution in [1.29, 1.82) is 0 Å². The van der Waals surface area contributed by atoms with E-state index in [1.54, 1.807) is 0 Å². The highest BCUT2D eigenvalue weighted by Crippen LogP contribution is 2.15. The first-order valence-electron chi connectivity index (χ1n) is 5.05. The maximum Gasteiger partial charge on any atom is 0.320 e. The minimum absolute atomic E-state index is 0.358. The first-order valence-corrected chi connectivity index (χ1v) is 5.05. The Bertz CT molecular complexity index is 216. The van der Waals surface area contributed by atoms with Crippen molar-refractivity contribution in [3.05, 3.63) is 0 Å². The predicted molar refractivity (Wildman–Crippen MR) is 50.2 cm³/mol. The number of carboxylic acids is 1. The van der Waals surface area contributed by atoms with Crippen LogP contribution in [0.2, 0.25) is 0 Å². The Morgan fingerprint density at radius 3 is 2.71 bits per heavy atom. The molecule has 2 heterocycles. The Morgan fingerprint density at radius 2 is 2.14 bits per heavy atom. The normalized spacial score (nSPS) is 34.6. The van der Waals surface area contributed by atoms with Gasteiger partial charge in [-0.15, -0.1) is 0 Å². The fourth-order valence-electron chi connectivity index (χ4n) is 2.13. The Kier molecular flexibility index (Phi) is 3.00. The van der Waals surface area contributed by atoms with Gasteiger partial charge in [-0.1, -0.05) is 0 Å². The van der Waals surface area contributed by atoms with Gasteiger partial charge in [-0.25, -0.2) is 0 Å². The number of carboxylic acid groups (broad SMARTS) is 1. The number of hydrogen-bond acceptors (Lipinski definition) is 4. The standard InChI is InChI=1S/C9H16N2O3/c12-9(13)8-5-7(6-10-8)11-1-3-14-4-2-11/h7-8,10H,1-6H2,(H,12,13). The molecule has 0 aliphatic carbocycles. The average molecular weight is 200 g/mol. The van der Waals surface area contributed by atoms with E-state index in [2.05, 4.69) is 10.2 Å². The molecule has 0 saturated carbocycles. The highest BCUT2D eigenvalue weighted by Gasteiger charge is 2.33. The van der Waals surface area contributed by atoms with Gasteiger partial charge in [0, 0.05) is 25.7 Å². The van der Waals surface area contributed by atoms with Crippen LogP contribution in [0.1, 0.15) is 6.42 Å². The minimum atomic E-state index is -0.735. The van der Waals surface area contributed by atoms with E-state index in [1.807, 2.05) is 0 Å². The summed E-state index contributed by atoms with van der Waals surface area (Å²) < 4.78 is 5.26. The molecule has 0 aromatic heterocycles. The van der Waals surface area contributed by atoms with E-state index in [0.29, 0.717) is 6.04 Å². The van der Waals surface area contributed by atoms with Crippen LogP contribution in [0.25, 0.3) is 0 Å². The summed E-state index contributed by atoms with van der Waals surface area (Å²) in [5, 5.41) is 11.8. The Balaban J connectivity index is 1.85. The molecule has 0 bridgehead atoms. The summed E-state index contributed by atoms with van der Waals surface area (Å²) >= 11 is 0. The van der Waals surface area contributed by atoms with Gasteiger partial charge in [0.05, 0.1) is 13.2 Å². The number of nitrogens with one attached hydrogen (secondary N) is 1. The SMILES string of the molecule is O=C(O)C1CC(N2CCOCC2)CN1. The van der Waals surface area contributed by atoms with Gasteiger partial charge in [0.2, 0.25) is 0 Å². The molecule has 5 nitrogen and oxygen atoms in total. The van der Waals surface area contributed by atoms with Crippen LogP contribution in [0.3, 0.4) is 0 Å². The highest BCUT2D eigenvalue weighted by atomic mass is 16.5. The topological polar surface area (TPSA) is 61.8 Å². The summed E-state index contributed by atoms with van der Waals surface area (Å²) in [5.41, 5.74) is 0. The van der Waals surface area contributed by atoms with Crippen molar-refractivity contribution in [3.8, 4) is 0 Å². The van der Waals surface area contributed by atoms with Gasteiger partial charge in [-0.05, 0) is 6.42 Å². The third-order valence-electron chi connectivity index (χ3n) is 2.97. The quantitative estimate of drug-likeness (QED) is 0.607. The Labute approximate surface area is 83.0 Å². The van der Waals surface area contributed by atoms with Crippen LogP contribution >= 0.6 is 0 Å². The molecule has 2 N–H and O–H groups in total. The summed E-state index contributed by atoms with van der Waals surface area (Å²) in [6.07, 6.45) is 0.718. The van der Waals surface area contributed by atoms with E-state index in [9.17, 15) is 4.79 Å². The van der Waals surface area contributed by atoms with Crippen LogP contribution in [0, 0.1) is 0 Å². The lowest BCUT2D eigenvalue weighted by atomic mass is 10.1. The van der Waals surface area contributed by atoms with Crippen molar-refractivity contribution < 1.29 is 14.6 Å². The predicted octanol–water partition coefficient (Wildman–Crippen LogP) is -0.866. The maximum atomic E-state index is 10.7. The van der Waals surface area contributed by atoms with Crippen molar-refractivity contribution >= 4 is 5.97 Å². The number of nitrogens with zero attached hydrogens (tertiary/aromatic N) is 1. The zero-order valence-electron chi connectivity index (χ0n) is 8.11. The lowest BCUT2D eigenvalue weighted by Crippen LogP contribution is -2.44. The van der Waals surface area contributed by atoms with Crippen molar-refractivity contribution in [3.63, 3.8) is 0 Å². The van der Waals surface area contributed by atoms with Gasteiger partial charge in [-0.2, -0.15) is 0 Å². The average Bonchev–Trinajstić information content (AvgIpc) is 2.68. The molecule has 5 heteroatoms. The van der Waals surface area contributed by atoms with Crippen LogP contribution in [0.15, 0.2) is 0 Å². The molecular weight excluding hydrogens is 184 g/mol. The van der Waals surface area contributed by atoms with Gasteiger partial charge in [0.15, 0.2) is 0 Å². The number of ether oxygens (including phenoxy) is 1. The van der Waals surface area contributed by atoms with E-state index in [0.717, 1.165) is 39.3 Å². The zero-order valence-corrected chi connectivity index (χ0v) is 8.11. The van der Waals surface area contributed by atoms with E-state index < -0.39 is 5.97 Å². The summed E-state index contributed by atoms with van der Waals surface area (Å²) in [4.78, 5) is 13.0. The molecule has 0 amide bonds. The lowest BCUT2D eigenvalue weighted by molar-refractivity contribution is -0.139. The van der Waals surface area contributed by atoms with Gasteiger partial charge in [-0.3, -0.25) is 9.69 Å². The molecule has 2 aliphatic heterocycles. The van der Waals surface area contributed by atoms with Crippen LogP contribution in [-0.2, 0) is 9.53 Å².